The molecule has 0 saturated carbocycles. The third-order valence-corrected chi connectivity index (χ3v) is 4.63. The molecule has 0 amide bonds. The summed E-state index contributed by atoms with van der Waals surface area (Å²) in [7, 11) is -2.93. The van der Waals surface area contributed by atoms with Crippen molar-refractivity contribution in [1.29, 1.82) is 0 Å². The molecule has 6 heteroatoms. The van der Waals surface area contributed by atoms with E-state index in [0.717, 1.165) is 12.4 Å². The van der Waals surface area contributed by atoms with Crippen LogP contribution in [-0.4, -0.2) is 36.0 Å². The summed E-state index contributed by atoms with van der Waals surface area (Å²) in [4.78, 5) is 4.27. The fraction of sp³-hybridized carbons (Fsp3) is 0.769. The molecule has 1 N–H and O–H groups in total. The summed E-state index contributed by atoms with van der Waals surface area (Å²) in [5.41, 5.74) is 0. The molecule has 0 aromatic carbocycles. The average Bonchev–Trinajstić information content (AvgIpc) is 2.74. The number of hydrogen-bond acceptors (Lipinski definition) is 4. The van der Waals surface area contributed by atoms with Gasteiger partial charge in [0.25, 0.3) is 0 Å². The molecule has 0 unspecified atom stereocenters. The second kappa shape index (κ2) is 7.65. The normalized spacial score (nSPS) is 12.2. The molecule has 0 radical (unpaired) electrons. The smallest absolute Gasteiger partial charge is 0.152 e. The summed E-state index contributed by atoms with van der Waals surface area (Å²) in [6.07, 6.45) is 4.24. The van der Waals surface area contributed by atoms with Gasteiger partial charge >= 0.3 is 0 Å². The predicted octanol–water partition coefficient (Wildman–Crippen LogP) is 1.45. The van der Waals surface area contributed by atoms with Crippen molar-refractivity contribution in [2.24, 2.45) is 5.92 Å². The van der Waals surface area contributed by atoms with Gasteiger partial charge in [-0.1, -0.05) is 20.8 Å². The number of sulfone groups is 1. The van der Waals surface area contributed by atoms with Crippen LogP contribution in [0.1, 0.15) is 33.0 Å². The molecule has 0 aliphatic carbocycles. The highest BCUT2D eigenvalue weighted by molar-refractivity contribution is 7.91. The highest BCUT2D eigenvalue weighted by atomic mass is 32.2. The summed E-state index contributed by atoms with van der Waals surface area (Å²) < 4.78 is 25.3. The Balaban J connectivity index is 2.49. The lowest BCUT2D eigenvalue weighted by Crippen LogP contribution is -2.23. The maximum absolute atomic E-state index is 11.7. The number of aromatic nitrogens is 2. The lowest BCUT2D eigenvalue weighted by Gasteiger charge is -2.10. The molecule has 5 nitrogen and oxygen atoms in total. The molecule has 0 aliphatic heterocycles. The monoisotopic (exact) mass is 287 g/mol. The number of rotatable bonds is 9. The fourth-order valence-corrected chi connectivity index (χ4v) is 3.13. The van der Waals surface area contributed by atoms with Gasteiger partial charge in [-0.2, -0.15) is 0 Å². The van der Waals surface area contributed by atoms with Gasteiger partial charge in [0.05, 0.1) is 12.3 Å². The van der Waals surface area contributed by atoms with E-state index in [1.54, 1.807) is 6.20 Å². The van der Waals surface area contributed by atoms with E-state index in [2.05, 4.69) is 24.1 Å². The summed E-state index contributed by atoms with van der Waals surface area (Å²) in [5, 5.41) is 3.32. The highest BCUT2D eigenvalue weighted by Gasteiger charge is 2.11. The van der Waals surface area contributed by atoms with Gasteiger partial charge in [0, 0.05) is 24.7 Å². The van der Waals surface area contributed by atoms with Crippen molar-refractivity contribution in [3.05, 3.63) is 18.2 Å². The quantitative estimate of drug-likeness (QED) is 0.747. The molecule has 0 bridgehead atoms. The Bertz CT molecular complexity index is 466. The van der Waals surface area contributed by atoms with E-state index in [1.165, 1.54) is 0 Å². The molecule has 1 heterocycles. The van der Waals surface area contributed by atoms with Crippen LogP contribution in [0, 0.1) is 5.92 Å². The third-order valence-electron chi connectivity index (χ3n) is 2.80. The van der Waals surface area contributed by atoms with Crippen molar-refractivity contribution in [3.8, 4) is 0 Å². The van der Waals surface area contributed by atoms with E-state index in [4.69, 9.17) is 0 Å². The maximum atomic E-state index is 11.7. The van der Waals surface area contributed by atoms with Crippen LogP contribution >= 0.6 is 0 Å². The van der Waals surface area contributed by atoms with Gasteiger partial charge in [-0.25, -0.2) is 13.4 Å². The van der Waals surface area contributed by atoms with Crippen molar-refractivity contribution < 1.29 is 8.42 Å². The maximum Gasteiger partial charge on any atom is 0.152 e. The van der Waals surface area contributed by atoms with Gasteiger partial charge < -0.3 is 9.88 Å². The van der Waals surface area contributed by atoms with Crippen LogP contribution in [0.2, 0.25) is 0 Å². The van der Waals surface area contributed by atoms with Gasteiger partial charge in [-0.15, -0.1) is 0 Å². The second-order valence-electron chi connectivity index (χ2n) is 5.21. The van der Waals surface area contributed by atoms with Crippen LogP contribution in [0.3, 0.4) is 0 Å². The fourth-order valence-electron chi connectivity index (χ4n) is 1.83. The molecule has 0 atom stereocenters. The number of nitrogens with one attached hydrogen (secondary N) is 1. The van der Waals surface area contributed by atoms with Crippen LogP contribution in [-0.2, 0) is 22.9 Å². The van der Waals surface area contributed by atoms with Crippen molar-refractivity contribution in [2.75, 3.05) is 18.1 Å². The lowest BCUT2D eigenvalue weighted by atomic mass is 10.2. The number of nitrogens with zero attached hydrogens (tertiary/aromatic N) is 2. The standard InChI is InChI=1S/C13H25N3O2S/c1-4-8-19(17,18)9-7-16-6-5-15-13(16)11-14-10-12(2)3/h5-6,12,14H,4,7-11H2,1-3H3. The summed E-state index contributed by atoms with van der Waals surface area (Å²) >= 11 is 0. The SMILES string of the molecule is CCCS(=O)(=O)CCn1ccnc1CNCC(C)C. The average molecular weight is 287 g/mol. The lowest BCUT2D eigenvalue weighted by molar-refractivity contribution is 0.529. The minimum absolute atomic E-state index is 0.189. The van der Waals surface area contributed by atoms with E-state index >= 15 is 0 Å². The Hall–Kier alpha value is -0.880. The first-order valence-corrected chi connectivity index (χ1v) is 8.68. The topological polar surface area (TPSA) is 64.0 Å². The van der Waals surface area contributed by atoms with E-state index in [-0.39, 0.29) is 11.5 Å². The molecular weight excluding hydrogens is 262 g/mol. The molecule has 19 heavy (non-hydrogen) atoms. The van der Waals surface area contributed by atoms with Crippen LogP contribution in [0.25, 0.3) is 0 Å². The Morgan fingerprint density at radius 3 is 2.74 bits per heavy atom. The highest BCUT2D eigenvalue weighted by Crippen LogP contribution is 2.01. The van der Waals surface area contributed by atoms with Crippen molar-refractivity contribution in [3.63, 3.8) is 0 Å². The van der Waals surface area contributed by atoms with Crippen LogP contribution in [0.15, 0.2) is 12.4 Å². The number of aryl methyl sites for hydroxylation is 1. The van der Waals surface area contributed by atoms with Gasteiger partial charge in [0.15, 0.2) is 9.84 Å². The predicted molar refractivity (Wildman–Crippen MR) is 77.7 cm³/mol. The first-order valence-electron chi connectivity index (χ1n) is 6.85. The molecule has 1 aromatic heterocycles. The Labute approximate surface area is 116 Å². The minimum Gasteiger partial charge on any atom is -0.333 e. The summed E-state index contributed by atoms with van der Waals surface area (Å²) in [6.45, 7) is 8.28. The molecule has 0 saturated heterocycles. The number of hydrogen-bond donors (Lipinski definition) is 1. The molecule has 110 valence electrons. The first-order chi connectivity index (χ1) is 8.94. The third kappa shape index (κ3) is 6.20. The Kier molecular flexibility index (Phi) is 6.51. The van der Waals surface area contributed by atoms with Crippen LogP contribution in [0.5, 0.6) is 0 Å². The number of imidazole rings is 1. The van der Waals surface area contributed by atoms with Crippen molar-refractivity contribution >= 4 is 9.84 Å². The van der Waals surface area contributed by atoms with Crippen LogP contribution < -0.4 is 5.32 Å². The zero-order valence-electron chi connectivity index (χ0n) is 12.1. The van der Waals surface area contributed by atoms with Gasteiger partial charge in [-0.05, 0) is 18.9 Å². The van der Waals surface area contributed by atoms with Crippen molar-refractivity contribution in [1.82, 2.24) is 14.9 Å². The Morgan fingerprint density at radius 2 is 2.11 bits per heavy atom. The Morgan fingerprint density at radius 1 is 1.37 bits per heavy atom. The van der Waals surface area contributed by atoms with Gasteiger partial charge in [-0.3, -0.25) is 0 Å². The minimum atomic E-state index is -2.93. The van der Waals surface area contributed by atoms with Crippen molar-refractivity contribution in [2.45, 2.75) is 40.3 Å². The van der Waals surface area contributed by atoms with E-state index in [0.29, 0.717) is 25.4 Å². The largest absolute Gasteiger partial charge is 0.333 e. The molecular formula is C13H25N3O2S. The molecule has 1 rings (SSSR count). The molecule has 1 aromatic rings. The summed E-state index contributed by atoms with van der Waals surface area (Å²) in [5.74, 6) is 1.94. The second-order valence-corrected chi connectivity index (χ2v) is 7.52. The summed E-state index contributed by atoms with van der Waals surface area (Å²) in [6, 6.07) is 0. The van der Waals surface area contributed by atoms with Crippen LogP contribution in [0.4, 0.5) is 0 Å². The first kappa shape index (κ1) is 16.2. The zero-order valence-corrected chi connectivity index (χ0v) is 12.9. The molecule has 0 aliphatic rings. The molecule has 0 spiro atoms. The van der Waals surface area contributed by atoms with E-state index < -0.39 is 9.84 Å². The zero-order chi connectivity index (χ0) is 14.3. The van der Waals surface area contributed by atoms with Gasteiger partial charge in [0.1, 0.15) is 5.82 Å². The van der Waals surface area contributed by atoms with E-state index in [1.807, 2.05) is 17.7 Å². The van der Waals surface area contributed by atoms with Gasteiger partial charge in [0.2, 0.25) is 0 Å². The van der Waals surface area contributed by atoms with E-state index in [9.17, 15) is 8.42 Å². The molecule has 0 fully saturated rings.